The van der Waals surface area contributed by atoms with Gasteiger partial charge < -0.3 is 0 Å². The summed E-state index contributed by atoms with van der Waals surface area (Å²) in [7, 11) is 0. The first-order valence-corrected chi connectivity index (χ1v) is 7.03. The molecular weight excluding hydrogens is 300 g/mol. The van der Waals surface area contributed by atoms with Crippen LogP contribution in [0.25, 0.3) is 0 Å². The first kappa shape index (κ1) is 14.3. The van der Waals surface area contributed by atoms with Gasteiger partial charge in [0.25, 0.3) is 0 Å². The molecule has 2 amide bonds. The highest BCUT2D eigenvalue weighted by Gasteiger charge is 2.41. The van der Waals surface area contributed by atoms with Gasteiger partial charge in [0.15, 0.2) is 5.11 Å². The molecule has 2 aromatic heterocycles. The van der Waals surface area contributed by atoms with Crippen molar-refractivity contribution in [3.05, 3.63) is 60.2 Å². The summed E-state index contributed by atoms with van der Waals surface area (Å²) in [5.74, 6) is -1.23. The fourth-order valence-electron chi connectivity index (χ4n) is 2.18. The second kappa shape index (κ2) is 5.98. The molecule has 0 saturated carbocycles. The molecule has 0 atom stereocenters. The molecule has 0 radical (unpaired) electrons. The van der Waals surface area contributed by atoms with E-state index >= 15 is 0 Å². The number of amides is 2. The van der Waals surface area contributed by atoms with Crippen LogP contribution in [-0.4, -0.2) is 36.7 Å². The van der Waals surface area contributed by atoms with Gasteiger partial charge >= 0.3 is 11.8 Å². The molecule has 110 valence electrons. The Morgan fingerprint density at radius 2 is 1.32 bits per heavy atom. The Labute approximate surface area is 132 Å². The van der Waals surface area contributed by atoms with Crippen LogP contribution in [0.5, 0.6) is 0 Å². The van der Waals surface area contributed by atoms with Crippen LogP contribution in [-0.2, 0) is 22.7 Å². The van der Waals surface area contributed by atoms with Gasteiger partial charge in [0.1, 0.15) is 0 Å². The fourth-order valence-corrected chi connectivity index (χ4v) is 2.47. The van der Waals surface area contributed by atoms with Crippen LogP contribution in [0.1, 0.15) is 11.1 Å². The van der Waals surface area contributed by atoms with E-state index in [0.29, 0.717) is 0 Å². The summed E-state index contributed by atoms with van der Waals surface area (Å²) in [6, 6.07) is 7.20. The summed E-state index contributed by atoms with van der Waals surface area (Å²) in [4.78, 5) is 34.8. The third-order valence-corrected chi connectivity index (χ3v) is 3.70. The summed E-state index contributed by atoms with van der Waals surface area (Å²) in [5.41, 5.74) is 1.63. The van der Waals surface area contributed by atoms with Crippen LogP contribution < -0.4 is 0 Å². The van der Waals surface area contributed by atoms with E-state index < -0.39 is 11.8 Å². The summed E-state index contributed by atoms with van der Waals surface area (Å²) in [6.07, 6.45) is 6.58. The predicted molar refractivity (Wildman–Crippen MR) is 82.2 cm³/mol. The van der Waals surface area contributed by atoms with Crippen LogP contribution >= 0.6 is 12.2 Å². The number of pyridine rings is 2. The van der Waals surface area contributed by atoms with Crippen molar-refractivity contribution in [2.24, 2.45) is 0 Å². The van der Waals surface area contributed by atoms with E-state index in [2.05, 4.69) is 9.97 Å². The van der Waals surface area contributed by atoms with Crippen LogP contribution in [0.3, 0.4) is 0 Å². The van der Waals surface area contributed by atoms with Gasteiger partial charge in [0, 0.05) is 24.8 Å². The molecule has 6 nitrogen and oxygen atoms in total. The van der Waals surface area contributed by atoms with E-state index in [9.17, 15) is 9.59 Å². The number of hydrogen-bond donors (Lipinski definition) is 0. The predicted octanol–water partition coefficient (Wildman–Crippen LogP) is 1.13. The number of carbonyl (C=O) groups is 2. The minimum Gasteiger partial charge on any atom is -0.276 e. The first-order valence-electron chi connectivity index (χ1n) is 6.62. The summed E-state index contributed by atoms with van der Waals surface area (Å²) < 4.78 is 0. The van der Waals surface area contributed by atoms with E-state index in [1.165, 1.54) is 9.80 Å². The quantitative estimate of drug-likeness (QED) is 0.625. The van der Waals surface area contributed by atoms with Crippen molar-refractivity contribution in [1.29, 1.82) is 0 Å². The molecule has 3 heterocycles. The Kier molecular flexibility index (Phi) is 3.88. The average Bonchev–Trinajstić information content (AvgIpc) is 2.75. The molecule has 22 heavy (non-hydrogen) atoms. The maximum absolute atomic E-state index is 12.1. The van der Waals surface area contributed by atoms with Gasteiger partial charge in [-0.2, -0.15) is 0 Å². The van der Waals surface area contributed by atoms with E-state index in [1.807, 2.05) is 12.1 Å². The van der Waals surface area contributed by atoms with Crippen molar-refractivity contribution in [3.8, 4) is 0 Å². The lowest BCUT2D eigenvalue weighted by molar-refractivity contribution is -0.143. The van der Waals surface area contributed by atoms with Crippen molar-refractivity contribution in [2.45, 2.75) is 13.1 Å². The van der Waals surface area contributed by atoms with E-state index in [-0.39, 0.29) is 18.2 Å². The Bertz CT molecular complexity index is 659. The Balaban J connectivity index is 1.79. The molecule has 7 heteroatoms. The van der Waals surface area contributed by atoms with Crippen LogP contribution in [0, 0.1) is 0 Å². The van der Waals surface area contributed by atoms with Crippen molar-refractivity contribution < 1.29 is 9.59 Å². The Morgan fingerprint density at radius 3 is 1.68 bits per heavy atom. The highest BCUT2D eigenvalue weighted by Crippen LogP contribution is 2.18. The summed E-state index contributed by atoms with van der Waals surface area (Å²) >= 11 is 5.28. The lowest BCUT2D eigenvalue weighted by Gasteiger charge is -2.18. The molecule has 0 unspecified atom stereocenters. The third kappa shape index (κ3) is 2.71. The van der Waals surface area contributed by atoms with Crippen molar-refractivity contribution in [3.63, 3.8) is 0 Å². The van der Waals surface area contributed by atoms with E-state index in [4.69, 9.17) is 12.2 Å². The zero-order valence-electron chi connectivity index (χ0n) is 11.5. The number of rotatable bonds is 4. The number of nitrogens with zero attached hydrogens (tertiary/aromatic N) is 4. The topological polar surface area (TPSA) is 66.4 Å². The van der Waals surface area contributed by atoms with E-state index in [0.717, 1.165) is 11.1 Å². The van der Waals surface area contributed by atoms with Crippen LogP contribution in [0.15, 0.2) is 49.1 Å². The maximum Gasteiger partial charge on any atom is 0.319 e. The van der Waals surface area contributed by atoms with Crippen LogP contribution in [0.2, 0.25) is 0 Å². The summed E-state index contributed by atoms with van der Waals surface area (Å²) in [5, 5.41) is 0.211. The van der Waals surface area contributed by atoms with E-state index in [1.54, 1.807) is 36.9 Å². The molecular formula is C15H12N4O2S. The first-order chi connectivity index (χ1) is 10.7. The normalized spacial score (nSPS) is 14.8. The SMILES string of the molecule is O=C1C(=O)N(Cc2cccnc2)C(=S)N1Cc1cccnc1. The van der Waals surface area contributed by atoms with Crippen molar-refractivity contribution >= 4 is 29.1 Å². The van der Waals surface area contributed by atoms with Gasteiger partial charge in [0.2, 0.25) is 0 Å². The third-order valence-electron chi connectivity index (χ3n) is 3.26. The molecule has 0 bridgehead atoms. The van der Waals surface area contributed by atoms with Crippen molar-refractivity contribution in [1.82, 2.24) is 19.8 Å². The minimum atomic E-state index is -0.613. The molecule has 0 N–H and O–H groups in total. The van der Waals surface area contributed by atoms with Crippen molar-refractivity contribution in [2.75, 3.05) is 0 Å². The molecule has 1 aliphatic rings. The molecule has 0 spiro atoms. The largest absolute Gasteiger partial charge is 0.319 e. The molecule has 0 aromatic carbocycles. The molecule has 3 rings (SSSR count). The molecule has 1 fully saturated rings. The van der Waals surface area contributed by atoms with Gasteiger partial charge in [-0.1, -0.05) is 12.1 Å². The second-order valence-electron chi connectivity index (χ2n) is 4.79. The number of hydrogen-bond acceptors (Lipinski definition) is 5. The molecule has 1 aliphatic heterocycles. The molecule has 1 saturated heterocycles. The van der Waals surface area contributed by atoms with Crippen LogP contribution in [0.4, 0.5) is 0 Å². The monoisotopic (exact) mass is 312 g/mol. The number of thiocarbonyl (C=S) groups is 1. The van der Waals surface area contributed by atoms with Gasteiger partial charge in [-0.25, -0.2) is 0 Å². The highest BCUT2D eigenvalue weighted by atomic mass is 32.1. The smallest absolute Gasteiger partial charge is 0.276 e. The van der Waals surface area contributed by atoms with Gasteiger partial charge in [-0.05, 0) is 35.5 Å². The van der Waals surface area contributed by atoms with Gasteiger partial charge in [-0.3, -0.25) is 29.4 Å². The Hall–Kier alpha value is -2.67. The lowest BCUT2D eigenvalue weighted by atomic mass is 10.3. The zero-order valence-corrected chi connectivity index (χ0v) is 12.4. The second-order valence-corrected chi connectivity index (χ2v) is 5.15. The summed E-state index contributed by atoms with van der Waals surface area (Å²) in [6.45, 7) is 0.474. The molecule has 0 aliphatic carbocycles. The minimum absolute atomic E-state index is 0.211. The fraction of sp³-hybridized carbons (Fsp3) is 0.133. The Morgan fingerprint density at radius 1 is 0.864 bits per heavy atom. The average molecular weight is 312 g/mol. The number of aromatic nitrogens is 2. The molecule has 2 aromatic rings. The number of carbonyl (C=O) groups excluding carboxylic acids is 2. The maximum atomic E-state index is 12.1. The standard InChI is InChI=1S/C15H12N4O2S/c20-13-14(21)19(10-12-4-2-6-17-8-12)15(22)18(13)9-11-3-1-5-16-7-11/h1-8H,9-10H2. The lowest BCUT2D eigenvalue weighted by Crippen LogP contribution is -2.32. The zero-order chi connectivity index (χ0) is 15.5. The van der Waals surface area contributed by atoms with Gasteiger partial charge in [0.05, 0.1) is 13.1 Å². The highest BCUT2D eigenvalue weighted by molar-refractivity contribution is 7.80. The van der Waals surface area contributed by atoms with Gasteiger partial charge in [-0.15, -0.1) is 0 Å².